The van der Waals surface area contributed by atoms with Crippen molar-refractivity contribution in [3.8, 4) is 5.75 Å². The lowest BCUT2D eigenvalue weighted by Crippen LogP contribution is -2.33. The molecule has 0 radical (unpaired) electrons. The van der Waals surface area contributed by atoms with Gasteiger partial charge in [-0.2, -0.15) is 0 Å². The van der Waals surface area contributed by atoms with E-state index in [1.54, 1.807) is 0 Å². The van der Waals surface area contributed by atoms with Gasteiger partial charge in [-0.15, -0.1) is 0 Å². The highest BCUT2D eigenvalue weighted by molar-refractivity contribution is 5.96. The quantitative estimate of drug-likeness (QED) is 0.734. The molecule has 0 spiro atoms. The minimum absolute atomic E-state index is 0.0787. The fourth-order valence-electron chi connectivity index (χ4n) is 1.85. The van der Waals surface area contributed by atoms with E-state index in [2.05, 4.69) is 5.32 Å². The van der Waals surface area contributed by atoms with E-state index in [1.807, 2.05) is 13.8 Å². The average molecular weight is 280 g/mol. The van der Waals surface area contributed by atoms with Crippen molar-refractivity contribution in [1.82, 2.24) is 0 Å². The number of carboxylic acids is 1. The van der Waals surface area contributed by atoms with Crippen molar-refractivity contribution in [2.24, 2.45) is 17.6 Å². The fraction of sp³-hybridized carbons (Fsp3) is 0.429. The van der Waals surface area contributed by atoms with Crippen molar-refractivity contribution >= 4 is 17.6 Å². The number of carbonyl (C=O) groups is 2. The molecule has 0 saturated heterocycles. The smallest absolute Gasteiger partial charge is 0.335 e. The van der Waals surface area contributed by atoms with Crippen LogP contribution in [0, 0.1) is 11.8 Å². The van der Waals surface area contributed by atoms with Crippen molar-refractivity contribution in [1.29, 1.82) is 0 Å². The summed E-state index contributed by atoms with van der Waals surface area (Å²) >= 11 is 0. The highest BCUT2D eigenvalue weighted by Crippen LogP contribution is 2.26. The molecule has 0 saturated carbocycles. The molecule has 1 rings (SSSR count). The summed E-state index contributed by atoms with van der Waals surface area (Å²) in [6.45, 7) is 4.04. The summed E-state index contributed by atoms with van der Waals surface area (Å²) < 4.78 is 5.12. The number of rotatable bonds is 6. The Balaban J connectivity index is 3.03. The van der Waals surface area contributed by atoms with Crippen molar-refractivity contribution < 1.29 is 19.4 Å². The summed E-state index contributed by atoms with van der Waals surface area (Å²) in [4.78, 5) is 23.1. The first kappa shape index (κ1) is 16.0. The minimum atomic E-state index is -1.07. The zero-order valence-electron chi connectivity index (χ0n) is 11.8. The van der Waals surface area contributed by atoms with Gasteiger partial charge in [0.15, 0.2) is 0 Å². The maximum Gasteiger partial charge on any atom is 0.335 e. The summed E-state index contributed by atoms with van der Waals surface area (Å²) in [5.74, 6) is -1.16. The van der Waals surface area contributed by atoms with Gasteiger partial charge in [0.05, 0.1) is 24.3 Å². The Morgan fingerprint density at radius 1 is 1.40 bits per heavy atom. The van der Waals surface area contributed by atoms with Crippen LogP contribution in [0.2, 0.25) is 0 Å². The molecular weight excluding hydrogens is 260 g/mol. The summed E-state index contributed by atoms with van der Waals surface area (Å²) in [6, 6.07) is 4.29. The zero-order chi connectivity index (χ0) is 15.3. The SMILES string of the molecule is COc1ccc(C(=O)O)cc1NC(=O)C(CN)C(C)C. The van der Waals surface area contributed by atoms with Crippen LogP contribution in [0.4, 0.5) is 5.69 Å². The number of nitrogens with two attached hydrogens (primary N) is 1. The maximum absolute atomic E-state index is 12.1. The number of nitrogens with one attached hydrogen (secondary N) is 1. The predicted molar refractivity (Wildman–Crippen MR) is 76.0 cm³/mol. The highest BCUT2D eigenvalue weighted by Gasteiger charge is 2.22. The van der Waals surface area contributed by atoms with Crippen molar-refractivity contribution in [3.05, 3.63) is 23.8 Å². The largest absolute Gasteiger partial charge is 0.495 e. The number of carboxylic acid groups (broad SMARTS) is 1. The van der Waals surface area contributed by atoms with Gasteiger partial charge in [0.1, 0.15) is 5.75 Å². The van der Waals surface area contributed by atoms with Crippen LogP contribution in [0.25, 0.3) is 0 Å². The van der Waals surface area contributed by atoms with Gasteiger partial charge in [-0.05, 0) is 24.1 Å². The lowest BCUT2D eigenvalue weighted by Gasteiger charge is -2.19. The number of hydrogen-bond acceptors (Lipinski definition) is 4. The van der Waals surface area contributed by atoms with Gasteiger partial charge >= 0.3 is 5.97 Å². The Hall–Kier alpha value is -2.08. The molecule has 0 aliphatic heterocycles. The molecule has 0 heterocycles. The number of ether oxygens (including phenoxy) is 1. The van der Waals surface area contributed by atoms with Gasteiger partial charge in [0.25, 0.3) is 0 Å². The molecule has 6 heteroatoms. The van der Waals surface area contributed by atoms with Gasteiger partial charge in [-0.3, -0.25) is 4.79 Å². The summed E-state index contributed by atoms with van der Waals surface area (Å²) in [7, 11) is 1.45. The molecule has 1 atom stereocenters. The molecule has 1 unspecified atom stereocenters. The first-order valence-electron chi connectivity index (χ1n) is 6.33. The Kier molecular flexibility index (Phi) is 5.52. The Morgan fingerprint density at radius 2 is 2.05 bits per heavy atom. The van der Waals surface area contributed by atoms with Crippen LogP contribution in [0.1, 0.15) is 24.2 Å². The van der Waals surface area contributed by atoms with Gasteiger partial charge in [-0.1, -0.05) is 13.8 Å². The summed E-state index contributed by atoms with van der Waals surface area (Å²) in [6.07, 6.45) is 0. The van der Waals surface area contributed by atoms with Crippen LogP contribution in [0.3, 0.4) is 0 Å². The molecule has 1 amide bonds. The van der Waals surface area contributed by atoms with Crippen LogP contribution in [0.15, 0.2) is 18.2 Å². The van der Waals surface area contributed by atoms with Crippen LogP contribution < -0.4 is 15.8 Å². The maximum atomic E-state index is 12.1. The van der Waals surface area contributed by atoms with Gasteiger partial charge < -0.3 is 20.9 Å². The topological polar surface area (TPSA) is 102 Å². The molecule has 0 bridgehead atoms. The molecule has 0 fully saturated rings. The lowest BCUT2D eigenvalue weighted by atomic mass is 9.95. The molecular formula is C14H20N2O4. The second kappa shape index (κ2) is 6.91. The van der Waals surface area contributed by atoms with E-state index in [9.17, 15) is 9.59 Å². The predicted octanol–water partition coefficient (Wildman–Crippen LogP) is 1.56. The third-order valence-electron chi connectivity index (χ3n) is 3.10. The Labute approximate surface area is 117 Å². The molecule has 0 aromatic heterocycles. The van der Waals surface area contributed by atoms with E-state index in [-0.39, 0.29) is 29.9 Å². The van der Waals surface area contributed by atoms with Gasteiger partial charge in [-0.25, -0.2) is 4.79 Å². The number of hydrogen-bond donors (Lipinski definition) is 3. The van der Waals surface area contributed by atoms with Crippen molar-refractivity contribution in [3.63, 3.8) is 0 Å². The van der Waals surface area contributed by atoms with E-state index >= 15 is 0 Å². The molecule has 4 N–H and O–H groups in total. The Bertz CT molecular complexity index is 500. The molecule has 1 aromatic carbocycles. The van der Waals surface area contributed by atoms with E-state index in [0.29, 0.717) is 11.4 Å². The molecule has 1 aromatic rings. The number of carbonyl (C=O) groups excluding carboxylic acids is 1. The molecule has 110 valence electrons. The highest BCUT2D eigenvalue weighted by atomic mass is 16.5. The van der Waals surface area contributed by atoms with Crippen molar-refractivity contribution in [2.45, 2.75) is 13.8 Å². The molecule has 6 nitrogen and oxygen atoms in total. The van der Waals surface area contributed by atoms with E-state index in [1.165, 1.54) is 25.3 Å². The number of amides is 1. The number of methoxy groups -OCH3 is 1. The van der Waals surface area contributed by atoms with Crippen LogP contribution >= 0.6 is 0 Å². The summed E-state index contributed by atoms with van der Waals surface area (Å²) in [5.41, 5.74) is 6.00. The standard InChI is InChI=1S/C14H20N2O4/c1-8(2)10(7-15)13(17)16-11-6-9(14(18)19)4-5-12(11)20-3/h4-6,8,10H,7,15H2,1-3H3,(H,16,17)(H,18,19). The molecule has 20 heavy (non-hydrogen) atoms. The molecule has 0 aliphatic carbocycles. The monoisotopic (exact) mass is 280 g/mol. The second-order valence-electron chi connectivity index (χ2n) is 4.80. The summed E-state index contributed by atoms with van der Waals surface area (Å²) in [5, 5.41) is 11.7. The first-order valence-corrected chi connectivity index (χ1v) is 6.33. The van der Waals surface area contributed by atoms with Crippen LogP contribution in [-0.4, -0.2) is 30.6 Å². The zero-order valence-corrected chi connectivity index (χ0v) is 11.8. The number of aromatic carboxylic acids is 1. The van der Waals surface area contributed by atoms with Gasteiger partial charge in [0, 0.05) is 6.54 Å². The van der Waals surface area contributed by atoms with Gasteiger partial charge in [0.2, 0.25) is 5.91 Å². The lowest BCUT2D eigenvalue weighted by molar-refractivity contribution is -0.120. The first-order chi connectivity index (χ1) is 9.40. The van der Waals surface area contributed by atoms with Crippen LogP contribution in [-0.2, 0) is 4.79 Å². The minimum Gasteiger partial charge on any atom is -0.495 e. The fourth-order valence-corrected chi connectivity index (χ4v) is 1.85. The average Bonchev–Trinajstić information content (AvgIpc) is 2.38. The third kappa shape index (κ3) is 3.71. The van der Waals surface area contributed by atoms with Crippen LogP contribution in [0.5, 0.6) is 5.75 Å². The van der Waals surface area contributed by atoms with E-state index in [4.69, 9.17) is 15.6 Å². The second-order valence-corrected chi connectivity index (χ2v) is 4.80. The Morgan fingerprint density at radius 3 is 2.50 bits per heavy atom. The number of anilines is 1. The normalized spacial score (nSPS) is 12.1. The third-order valence-corrected chi connectivity index (χ3v) is 3.10. The number of benzene rings is 1. The molecule has 0 aliphatic rings. The van der Waals surface area contributed by atoms with Crippen molar-refractivity contribution in [2.75, 3.05) is 19.0 Å². The van der Waals surface area contributed by atoms with E-state index < -0.39 is 5.97 Å². The van der Waals surface area contributed by atoms with E-state index in [0.717, 1.165) is 0 Å².